The molecule has 1 unspecified atom stereocenters. The highest BCUT2D eigenvalue weighted by Gasteiger charge is 2.19. The number of rotatable bonds is 1. The number of nitrogens with zero attached hydrogens (tertiary/aromatic N) is 1. The Morgan fingerprint density at radius 2 is 2.25 bits per heavy atom. The molecule has 0 bridgehead atoms. The third-order valence-corrected chi connectivity index (χ3v) is 2.45. The van der Waals surface area contributed by atoms with Crippen molar-refractivity contribution in [3.63, 3.8) is 0 Å². The third-order valence-electron chi connectivity index (χ3n) is 2.45. The molecule has 1 fully saturated rings. The van der Waals surface area contributed by atoms with E-state index >= 15 is 0 Å². The van der Waals surface area contributed by atoms with Gasteiger partial charge in [0.05, 0.1) is 5.76 Å². The summed E-state index contributed by atoms with van der Waals surface area (Å²) in [5.41, 5.74) is 0. The maximum absolute atomic E-state index is 5.46. The Morgan fingerprint density at radius 3 is 2.83 bits per heavy atom. The quantitative estimate of drug-likeness (QED) is 0.594. The van der Waals surface area contributed by atoms with Gasteiger partial charge in [0.2, 0.25) is 0 Å². The van der Waals surface area contributed by atoms with Crippen LogP contribution in [0.25, 0.3) is 0 Å². The van der Waals surface area contributed by atoms with Crippen LogP contribution in [0.2, 0.25) is 0 Å². The molecule has 0 spiro atoms. The second kappa shape index (κ2) is 3.94. The molecule has 2 nitrogen and oxygen atoms in total. The highest BCUT2D eigenvalue weighted by Crippen LogP contribution is 2.16. The zero-order chi connectivity index (χ0) is 9.14. The van der Waals surface area contributed by atoms with Crippen molar-refractivity contribution < 1.29 is 4.74 Å². The van der Waals surface area contributed by atoms with E-state index in [9.17, 15) is 0 Å². The molecule has 1 aliphatic rings. The van der Waals surface area contributed by atoms with Crippen LogP contribution in [0, 0.1) is 5.92 Å². The minimum absolute atomic E-state index is 0.467. The molecule has 0 N–H and O–H groups in total. The van der Waals surface area contributed by atoms with Crippen molar-refractivity contribution in [3.05, 3.63) is 12.3 Å². The van der Waals surface area contributed by atoms with Gasteiger partial charge in [-0.2, -0.15) is 0 Å². The summed E-state index contributed by atoms with van der Waals surface area (Å²) in [6.07, 6.45) is 0. The molecule has 1 rings (SSSR count). The molecule has 0 saturated carbocycles. The van der Waals surface area contributed by atoms with Crippen LogP contribution in [0.3, 0.4) is 0 Å². The molecule has 2 heteroatoms. The van der Waals surface area contributed by atoms with Gasteiger partial charge in [-0.05, 0) is 13.8 Å². The maximum atomic E-state index is 5.46. The van der Waals surface area contributed by atoms with Gasteiger partial charge in [0.15, 0.2) is 0 Å². The van der Waals surface area contributed by atoms with Gasteiger partial charge in [0.25, 0.3) is 0 Å². The van der Waals surface area contributed by atoms with Gasteiger partial charge in [-0.25, -0.2) is 0 Å². The molecular weight excluding hydrogens is 150 g/mol. The lowest BCUT2D eigenvalue weighted by Crippen LogP contribution is -2.34. The van der Waals surface area contributed by atoms with Gasteiger partial charge in [0, 0.05) is 25.0 Å². The van der Waals surface area contributed by atoms with E-state index in [0.29, 0.717) is 12.0 Å². The first-order chi connectivity index (χ1) is 5.61. The molecule has 70 valence electrons. The molecule has 1 heterocycles. The number of hydrogen-bond donors (Lipinski definition) is 0. The summed E-state index contributed by atoms with van der Waals surface area (Å²) in [5.74, 6) is 1.41. The molecule has 0 aliphatic carbocycles. The van der Waals surface area contributed by atoms with Crippen LogP contribution in [-0.2, 0) is 4.74 Å². The summed E-state index contributed by atoms with van der Waals surface area (Å²) >= 11 is 0. The molecule has 0 aromatic carbocycles. The normalized spacial score (nSPS) is 27.0. The first kappa shape index (κ1) is 9.59. The van der Waals surface area contributed by atoms with Crippen LogP contribution in [0.5, 0.6) is 0 Å². The van der Waals surface area contributed by atoms with Crippen LogP contribution < -0.4 is 0 Å². The Kier molecular flexibility index (Phi) is 3.15. The molecule has 12 heavy (non-hydrogen) atoms. The maximum Gasteiger partial charge on any atom is 0.100 e. The second-order valence-electron chi connectivity index (χ2n) is 3.80. The molecule has 1 saturated heterocycles. The lowest BCUT2D eigenvalue weighted by molar-refractivity contribution is 0.177. The predicted molar refractivity (Wildman–Crippen MR) is 51.0 cm³/mol. The fourth-order valence-electron chi connectivity index (χ4n) is 1.45. The standard InChI is InChI=1S/C10H19NO/c1-8(2)11-5-6-12-10(4)9(3)7-11/h8-9H,4-7H2,1-3H3. The van der Waals surface area contributed by atoms with Crippen LogP contribution in [0.1, 0.15) is 20.8 Å². The number of hydrogen-bond acceptors (Lipinski definition) is 2. The summed E-state index contributed by atoms with van der Waals surface area (Å²) in [6, 6.07) is 0.613. The molecule has 0 amide bonds. The van der Waals surface area contributed by atoms with Gasteiger partial charge >= 0.3 is 0 Å². The summed E-state index contributed by atoms with van der Waals surface area (Å²) in [7, 11) is 0. The smallest absolute Gasteiger partial charge is 0.100 e. The van der Waals surface area contributed by atoms with E-state index in [1.807, 2.05) is 0 Å². The summed E-state index contributed by atoms with van der Waals surface area (Å²) in [4.78, 5) is 2.43. The highest BCUT2D eigenvalue weighted by atomic mass is 16.5. The van der Waals surface area contributed by atoms with E-state index in [2.05, 4.69) is 32.3 Å². The molecule has 0 aromatic rings. The predicted octanol–water partition coefficient (Wildman–Crippen LogP) is 1.88. The molecule has 0 aromatic heterocycles. The van der Waals surface area contributed by atoms with E-state index in [0.717, 1.165) is 25.5 Å². The number of ether oxygens (including phenoxy) is 1. The Bertz CT molecular complexity index is 165. The first-order valence-electron chi connectivity index (χ1n) is 4.67. The Balaban J connectivity index is 2.54. The van der Waals surface area contributed by atoms with E-state index in [4.69, 9.17) is 4.74 Å². The summed E-state index contributed by atoms with van der Waals surface area (Å²) in [5, 5.41) is 0. The summed E-state index contributed by atoms with van der Waals surface area (Å²) in [6.45, 7) is 13.4. The van der Waals surface area contributed by atoms with E-state index < -0.39 is 0 Å². The largest absolute Gasteiger partial charge is 0.497 e. The monoisotopic (exact) mass is 169 g/mol. The van der Waals surface area contributed by atoms with Crippen LogP contribution in [0.4, 0.5) is 0 Å². The van der Waals surface area contributed by atoms with Gasteiger partial charge in [-0.15, -0.1) is 0 Å². The van der Waals surface area contributed by atoms with Gasteiger partial charge in [-0.3, -0.25) is 4.90 Å². The lowest BCUT2D eigenvalue weighted by Gasteiger charge is -2.24. The topological polar surface area (TPSA) is 12.5 Å². The van der Waals surface area contributed by atoms with Gasteiger partial charge in [0.1, 0.15) is 6.61 Å². The molecular formula is C10H19NO. The molecule has 0 radical (unpaired) electrons. The van der Waals surface area contributed by atoms with Crippen molar-refractivity contribution in [2.45, 2.75) is 26.8 Å². The van der Waals surface area contributed by atoms with Crippen molar-refractivity contribution in [1.29, 1.82) is 0 Å². The van der Waals surface area contributed by atoms with Crippen LogP contribution in [0.15, 0.2) is 12.3 Å². The average molecular weight is 169 g/mol. The van der Waals surface area contributed by atoms with Crippen molar-refractivity contribution in [2.24, 2.45) is 5.92 Å². The van der Waals surface area contributed by atoms with E-state index in [-0.39, 0.29) is 0 Å². The summed E-state index contributed by atoms with van der Waals surface area (Å²) < 4.78 is 5.46. The van der Waals surface area contributed by atoms with Crippen LogP contribution in [-0.4, -0.2) is 30.6 Å². The first-order valence-corrected chi connectivity index (χ1v) is 4.67. The zero-order valence-corrected chi connectivity index (χ0v) is 8.34. The van der Waals surface area contributed by atoms with Crippen LogP contribution >= 0.6 is 0 Å². The van der Waals surface area contributed by atoms with Crippen molar-refractivity contribution in [1.82, 2.24) is 4.90 Å². The lowest BCUT2D eigenvalue weighted by atomic mass is 10.1. The minimum Gasteiger partial charge on any atom is -0.497 e. The van der Waals surface area contributed by atoms with Gasteiger partial charge in [-0.1, -0.05) is 13.5 Å². The zero-order valence-electron chi connectivity index (χ0n) is 8.34. The Hall–Kier alpha value is -0.500. The van der Waals surface area contributed by atoms with Gasteiger partial charge < -0.3 is 4.74 Å². The second-order valence-corrected chi connectivity index (χ2v) is 3.80. The fraction of sp³-hybridized carbons (Fsp3) is 0.800. The molecule has 1 atom stereocenters. The van der Waals surface area contributed by atoms with Crippen molar-refractivity contribution >= 4 is 0 Å². The van der Waals surface area contributed by atoms with E-state index in [1.54, 1.807) is 0 Å². The third kappa shape index (κ3) is 2.24. The molecule has 1 aliphatic heterocycles. The van der Waals surface area contributed by atoms with E-state index in [1.165, 1.54) is 0 Å². The van der Waals surface area contributed by atoms with Crippen molar-refractivity contribution in [3.8, 4) is 0 Å². The Morgan fingerprint density at radius 1 is 1.58 bits per heavy atom. The minimum atomic E-state index is 0.467. The highest BCUT2D eigenvalue weighted by molar-refractivity contribution is 4.92. The Labute approximate surface area is 75.2 Å². The SMILES string of the molecule is C=C1OCCN(C(C)C)CC1C. The van der Waals surface area contributed by atoms with Crippen molar-refractivity contribution in [2.75, 3.05) is 19.7 Å². The average Bonchev–Trinajstić information content (AvgIpc) is 2.15. The fourth-order valence-corrected chi connectivity index (χ4v) is 1.45.